The van der Waals surface area contributed by atoms with E-state index >= 15 is 0 Å². The minimum absolute atomic E-state index is 0.0962. The van der Waals surface area contributed by atoms with Gasteiger partial charge in [0.1, 0.15) is 17.2 Å². The number of aryl methyl sites for hydroxylation is 1. The minimum atomic E-state index is -0.454. The molecule has 0 radical (unpaired) electrons. The third-order valence-electron chi connectivity index (χ3n) is 4.84. The summed E-state index contributed by atoms with van der Waals surface area (Å²) in [5.74, 6) is 0.800. The number of fused-ring (bicyclic) bond motifs is 1. The van der Waals surface area contributed by atoms with Crippen molar-refractivity contribution < 1.29 is 4.39 Å². The van der Waals surface area contributed by atoms with Gasteiger partial charge in [0.2, 0.25) is 5.95 Å². The molecule has 5 rings (SSSR count). The van der Waals surface area contributed by atoms with Crippen molar-refractivity contribution in [3.8, 4) is 11.3 Å². The zero-order valence-corrected chi connectivity index (χ0v) is 17.1. The first-order valence-corrected chi connectivity index (χ1v) is 9.80. The number of nitrogens with one attached hydrogen (secondary N) is 1. The molecule has 10 heteroatoms. The fourth-order valence-electron chi connectivity index (χ4n) is 3.25. The molecule has 0 amide bonds. The van der Waals surface area contributed by atoms with Gasteiger partial charge >= 0.3 is 0 Å². The maximum atomic E-state index is 13.7. The Bertz CT molecular complexity index is 1390. The maximum Gasteiger partial charge on any atom is 0.228 e. The van der Waals surface area contributed by atoms with E-state index in [0.717, 1.165) is 28.2 Å². The molecular formula is C21H16ClFN8. The molecule has 0 spiro atoms. The Morgan fingerprint density at radius 1 is 1.06 bits per heavy atom. The fraction of sp³-hybridized carbons (Fsp3) is 0.0952. The summed E-state index contributed by atoms with van der Waals surface area (Å²) in [6, 6.07) is 14.2. The van der Waals surface area contributed by atoms with Crippen LogP contribution in [0, 0.1) is 5.82 Å². The van der Waals surface area contributed by atoms with E-state index in [2.05, 4.69) is 30.7 Å². The standard InChI is InChI=1S/C21H16ClFN8/c1-30-20(7-9-25-30)27-21-24-8-6-17(26-21)14-3-5-19-18(11-14)28-29-31(19)12-13-2-4-15(22)16(23)10-13/h2-11H,12H2,1H3,(H,24,26,27). The molecule has 0 saturated heterocycles. The Kier molecular flexibility index (Phi) is 4.79. The maximum absolute atomic E-state index is 13.7. The largest absolute Gasteiger partial charge is 0.309 e. The average molecular weight is 435 g/mol. The number of benzene rings is 2. The molecule has 0 atom stereocenters. The van der Waals surface area contributed by atoms with Crippen LogP contribution >= 0.6 is 11.6 Å². The summed E-state index contributed by atoms with van der Waals surface area (Å²) in [4.78, 5) is 8.86. The molecule has 31 heavy (non-hydrogen) atoms. The molecule has 154 valence electrons. The van der Waals surface area contributed by atoms with E-state index in [0.29, 0.717) is 18.0 Å². The van der Waals surface area contributed by atoms with Gasteiger partial charge < -0.3 is 5.32 Å². The molecule has 1 N–H and O–H groups in total. The third kappa shape index (κ3) is 3.82. The summed E-state index contributed by atoms with van der Waals surface area (Å²) in [5, 5.41) is 15.8. The van der Waals surface area contributed by atoms with Crippen LogP contribution in [0.1, 0.15) is 5.56 Å². The molecule has 2 aromatic carbocycles. The predicted molar refractivity (Wildman–Crippen MR) is 116 cm³/mol. The number of aromatic nitrogens is 7. The van der Waals surface area contributed by atoms with Crippen LogP contribution < -0.4 is 5.32 Å². The van der Waals surface area contributed by atoms with Crippen LogP contribution in [-0.2, 0) is 13.6 Å². The van der Waals surface area contributed by atoms with Gasteiger partial charge in [-0.3, -0.25) is 4.68 Å². The van der Waals surface area contributed by atoms with Gasteiger partial charge in [0, 0.05) is 24.9 Å². The summed E-state index contributed by atoms with van der Waals surface area (Å²) < 4.78 is 17.2. The highest BCUT2D eigenvalue weighted by molar-refractivity contribution is 6.30. The Morgan fingerprint density at radius 3 is 2.77 bits per heavy atom. The number of rotatable bonds is 5. The molecule has 0 fully saturated rings. The Hall–Kier alpha value is -3.85. The summed E-state index contributed by atoms with van der Waals surface area (Å²) in [5.41, 5.74) is 3.93. The average Bonchev–Trinajstić information content (AvgIpc) is 3.36. The van der Waals surface area contributed by atoms with E-state index in [-0.39, 0.29) is 5.02 Å². The van der Waals surface area contributed by atoms with Crippen LogP contribution in [0.4, 0.5) is 16.2 Å². The summed E-state index contributed by atoms with van der Waals surface area (Å²) in [6.07, 6.45) is 3.39. The first-order chi connectivity index (χ1) is 15.1. The second kappa shape index (κ2) is 7.77. The molecule has 0 unspecified atom stereocenters. The normalized spacial score (nSPS) is 11.2. The molecule has 0 aliphatic rings. The van der Waals surface area contributed by atoms with E-state index in [1.54, 1.807) is 27.8 Å². The van der Waals surface area contributed by atoms with Gasteiger partial charge in [-0.15, -0.1) is 5.10 Å². The van der Waals surface area contributed by atoms with E-state index in [9.17, 15) is 4.39 Å². The number of hydrogen-bond acceptors (Lipinski definition) is 6. The molecule has 0 bridgehead atoms. The lowest BCUT2D eigenvalue weighted by Crippen LogP contribution is -2.03. The molecule has 8 nitrogen and oxygen atoms in total. The summed E-state index contributed by atoms with van der Waals surface area (Å²) >= 11 is 5.76. The highest BCUT2D eigenvalue weighted by Crippen LogP contribution is 2.24. The molecular weight excluding hydrogens is 419 g/mol. The first-order valence-electron chi connectivity index (χ1n) is 9.42. The van der Waals surface area contributed by atoms with Crippen LogP contribution in [0.5, 0.6) is 0 Å². The summed E-state index contributed by atoms with van der Waals surface area (Å²) in [6.45, 7) is 0.385. The lowest BCUT2D eigenvalue weighted by Gasteiger charge is -2.07. The monoisotopic (exact) mass is 434 g/mol. The quantitative estimate of drug-likeness (QED) is 0.446. The van der Waals surface area contributed by atoms with E-state index in [4.69, 9.17) is 11.6 Å². The molecule has 3 heterocycles. The van der Waals surface area contributed by atoms with Gasteiger partial charge in [-0.25, -0.2) is 19.0 Å². The zero-order valence-electron chi connectivity index (χ0n) is 16.4. The van der Waals surface area contributed by atoms with Crippen molar-refractivity contribution in [3.63, 3.8) is 0 Å². The smallest absolute Gasteiger partial charge is 0.228 e. The topological polar surface area (TPSA) is 86.3 Å². The Balaban J connectivity index is 1.42. The van der Waals surface area contributed by atoms with Gasteiger partial charge in [-0.05, 0) is 35.9 Å². The van der Waals surface area contributed by atoms with Crippen molar-refractivity contribution in [1.82, 2.24) is 34.7 Å². The SMILES string of the molecule is Cn1nccc1Nc1nccc(-c2ccc3c(c2)nnn3Cc2ccc(Cl)c(F)c2)n1. The highest BCUT2D eigenvalue weighted by Gasteiger charge is 2.10. The van der Waals surface area contributed by atoms with Crippen molar-refractivity contribution in [2.75, 3.05) is 5.32 Å². The number of hydrogen-bond donors (Lipinski definition) is 1. The number of anilines is 2. The van der Waals surface area contributed by atoms with E-state index < -0.39 is 5.82 Å². The summed E-state index contributed by atoms with van der Waals surface area (Å²) in [7, 11) is 1.84. The van der Waals surface area contributed by atoms with Crippen molar-refractivity contribution in [1.29, 1.82) is 0 Å². The van der Waals surface area contributed by atoms with Crippen LogP contribution in [-0.4, -0.2) is 34.7 Å². The zero-order chi connectivity index (χ0) is 21.4. The minimum Gasteiger partial charge on any atom is -0.309 e. The van der Waals surface area contributed by atoms with Gasteiger partial charge in [-0.2, -0.15) is 5.10 Å². The predicted octanol–water partition coefficient (Wildman–Crippen LogP) is 4.21. The van der Waals surface area contributed by atoms with Crippen LogP contribution in [0.15, 0.2) is 60.9 Å². The van der Waals surface area contributed by atoms with E-state index in [1.807, 2.05) is 37.4 Å². The molecule has 5 aromatic rings. The fourth-order valence-corrected chi connectivity index (χ4v) is 3.37. The first kappa shape index (κ1) is 19.1. The van der Waals surface area contributed by atoms with Gasteiger partial charge in [0.25, 0.3) is 0 Å². The number of halogens is 2. The van der Waals surface area contributed by atoms with E-state index in [1.165, 1.54) is 12.1 Å². The third-order valence-corrected chi connectivity index (χ3v) is 5.15. The molecule has 0 aliphatic heterocycles. The van der Waals surface area contributed by atoms with Crippen molar-refractivity contribution in [3.05, 3.63) is 77.3 Å². The van der Waals surface area contributed by atoms with Gasteiger partial charge in [0.05, 0.1) is 29.0 Å². The van der Waals surface area contributed by atoms with Crippen molar-refractivity contribution >= 4 is 34.4 Å². The molecule has 3 aromatic heterocycles. The van der Waals surface area contributed by atoms with Crippen molar-refractivity contribution in [2.24, 2.45) is 7.05 Å². The lowest BCUT2D eigenvalue weighted by molar-refractivity contribution is 0.618. The van der Waals surface area contributed by atoms with Crippen molar-refractivity contribution in [2.45, 2.75) is 6.54 Å². The molecule has 0 aliphatic carbocycles. The Labute approximate surface area is 181 Å². The van der Waals surface area contributed by atoms with Gasteiger partial charge in [0.15, 0.2) is 0 Å². The lowest BCUT2D eigenvalue weighted by atomic mass is 10.1. The second-order valence-electron chi connectivity index (χ2n) is 6.93. The van der Waals surface area contributed by atoms with Crippen LogP contribution in [0.3, 0.4) is 0 Å². The number of nitrogens with zero attached hydrogens (tertiary/aromatic N) is 7. The Morgan fingerprint density at radius 2 is 1.97 bits per heavy atom. The highest BCUT2D eigenvalue weighted by atomic mass is 35.5. The van der Waals surface area contributed by atoms with Crippen LogP contribution in [0.2, 0.25) is 5.02 Å². The van der Waals surface area contributed by atoms with Crippen LogP contribution in [0.25, 0.3) is 22.3 Å². The molecule has 0 saturated carbocycles. The second-order valence-corrected chi connectivity index (χ2v) is 7.34. The van der Waals surface area contributed by atoms with Gasteiger partial charge in [-0.1, -0.05) is 28.9 Å².